The Labute approximate surface area is 399 Å². The monoisotopic (exact) mass is 899 g/mol. The van der Waals surface area contributed by atoms with E-state index >= 15 is 0 Å². The van der Waals surface area contributed by atoms with Gasteiger partial charge in [0.25, 0.3) is 0 Å². The van der Waals surface area contributed by atoms with Crippen molar-refractivity contribution >= 4 is 17.9 Å². The van der Waals surface area contributed by atoms with Gasteiger partial charge in [0.15, 0.2) is 6.10 Å². The summed E-state index contributed by atoms with van der Waals surface area (Å²) in [6, 6.07) is 0. The Kier molecular flexibility index (Phi) is 49.1. The Hall–Kier alpha value is -4.19. The van der Waals surface area contributed by atoms with Gasteiger partial charge in [-0.3, -0.25) is 14.4 Å². The first-order chi connectivity index (χ1) is 32.0. The van der Waals surface area contributed by atoms with Crippen molar-refractivity contribution in [2.45, 2.75) is 219 Å². The van der Waals surface area contributed by atoms with Gasteiger partial charge < -0.3 is 14.2 Å². The van der Waals surface area contributed by atoms with Gasteiger partial charge in [0.05, 0.1) is 6.42 Å². The highest BCUT2D eigenvalue weighted by molar-refractivity contribution is 5.72. The summed E-state index contributed by atoms with van der Waals surface area (Å²) in [6.45, 7) is 6.28. The fourth-order valence-electron chi connectivity index (χ4n) is 6.66. The van der Waals surface area contributed by atoms with E-state index in [1.54, 1.807) is 6.08 Å². The van der Waals surface area contributed by atoms with E-state index < -0.39 is 12.1 Å². The van der Waals surface area contributed by atoms with Gasteiger partial charge in [0.1, 0.15) is 13.2 Å². The van der Waals surface area contributed by atoms with Crippen molar-refractivity contribution in [1.82, 2.24) is 0 Å². The SMILES string of the molecule is CC/C=C\C/C=C\C/C=C\C/C=C\C/C=C\CCCCCC(=O)OCC(COC(=O)CCCCCCCCCCCCCCC)OC(=O)C/C=C\C/C=C\C/C=C\C/C=C\C/C=C\CC. The maximum Gasteiger partial charge on any atom is 0.310 e. The normalized spacial score (nSPS) is 13.1. The van der Waals surface area contributed by atoms with Gasteiger partial charge >= 0.3 is 17.9 Å². The smallest absolute Gasteiger partial charge is 0.310 e. The molecule has 0 heterocycles. The molecule has 0 aromatic rings. The first kappa shape index (κ1) is 60.8. The minimum absolute atomic E-state index is 0.0861. The Balaban J connectivity index is 4.57. The molecule has 0 N–H and O–H groups in total. The third-order valence-electron chi connectivity index (χ3n) is 10.5. The molecule has 0 radical (unpaired) electrons. The van der Waals surface area contributed by atoms with Crippen LogP contribution in [0.5, 0.6) is 0 Å². The summed E-state index contributed by atoms with van der Waals surface area (Å²) >= 11 is 0. The summed E-state index contributed by atoms with van der Waals surface area (Å²) in [7, 11) is 0. The molecule has 0 rings (SSSR count). The van der Waals surface area contributed by atoms with E-state index in [0.29, 0.717) is 19.3 Å². The molecule has 1 unspecified atom stereocenters. The highest BCUT2D eigenvalue weighted by atomic mass is 16.6. The molecule has 0 bridgehead atoms. The Morgan fingerprint density at radius 1 is 0.338 bits per heavy atom. The third kappa shape index (κ3) is 50.7. The van der Waals surface area contributed by atoms with Crippen LogP contribution in [0.3, 0.4) is 0 Å². The van der Waals surface area contributed by atoms with Crippen LogP contribution in [0.25, 0.3) is 0 Å². The minimum Gasteiger partial charge on any atom is -0.462 e. The molecule has 0 spiro atoms. The number of allylic oxidation sites excluding steroid dienone is 19. The van der Waals surface area contributed by atoms with E-state index in [1.807, 2.05) is 6.08 Å². The molecule has 0 amide bonds. The molecule has 0 fully saturated rings. The molecule has 1 atom stereocenters. The summed E-state index contributed by atoms with van der Waals surface area (Å²) in [6.07, 6.45) is 72.1. The fourth-order valence-corrected chi connectivity index (χ4v) is 6.66. The largest absolute Gasteiger partial charge is 0.462 e. The predicted octanol–water partition coefficient (Wildman–Crippen LogP) is 17.3. The average Bonchev–Trinajstić information content (AvgIpc) is 3.30. The summed E-state index contributed by atoms with van der Waals surface area (Å²) < 4.78 is 16.7. The van der Waals surface area contributed by atoms with Crippen LogP contribution in [0.15, 0.2) is 122 Å². The van der Waals surface area contributed by atoms with Crippen molar-refractivity contribution in [2.75, 3.05) is 13.2 Å². The molecule has 0 aromatic carbocycles. The third-order valence-corrected chi connectivity index (χ3v) is 10.5. The number of hydrogen-bond donors (Lipinski definition) is 0. The van der Waals surface area contributed by atoms with E-state index in [0.717, 1.165) is 103 Å². The van der Waals surface area contributed by atoms with E-state index in [9.17, 15) is 14.4 Å². The van der Waals surface area contributed by atoms with E-state index in [-0.39, 0.29) is 31.6 Å². The molecule has 0 saturated carbocycles. The van der Waals surface area contributed by atoms with Crippen molar-refractivity contribution in [2.24, 2.45) is 0 Å². The second kappa shape index (κ2) is 52.4. The van der Waals surface area contributed by atoms with Crippen LogP contribution in [0.4, 0.5) is 0 Å². The predicted molar refractivity (Wildman–Crippen MR) is 279 cm³/mol. The van der Waals surface area contributed by atoms with Crippen LogP contribution in [0.1, 0.15) is 213 Å². The standard InChI is InChI=1S/C59H94O6/c1-4-7-10-13-16-19-22-25-27-28-29-30-32-34-37-40-43-46-49-52-58(61)64-55-56(54-63-57(60)51-48-45-42-39-36-33-24-21-18-15-12-9-6-3)65-59(62)53-50-47-44-41-38-35-31-26-23-20-17-14-11-8-5-2/h7-8,10-11,16-17,19-20,25-27,29-31,34,37-38,41,47,50,56H,4-6,9,12-15,18,21-24,28,32-33,35-36,39-40,42-46,48-49,51-55H2,1-3H3/b10-7-,11-8-,19-16-,20-17-,27-25-,30-29-,31-26-,37-34-,41-38-,50-47-. The lowest BCUT2D eigenvalue weighted by Crippen LogP contribution is -2.30. The Bertz CT molecular complexity index is 1400. The topological polar surface area (TPSA) is 78.9 Å². The van der Waals surface area contributed by atoms with Gasteiger partial charge in [0.2, 0.25) is 0 Å². The molecule has 6 nitrogen and oxygen atoms in total. The van der Waals surface area contributed by atoms with Gasteiger partial charge in [-0.05, 0) is 89.9 Å². The molecule has 0 saturated heterocycles. The number of rotatable bonds is 45. The van der Waals surface area contributed by atoms with Crippen molar-refractivity contribution < 1.29 is 28.6 Å². The van der Waals surface area contributed by atoms with E-state index in [4.69, 9.17) is 14.2 Å². The summed E-state index contributed by atoms with van der Waals surface area (Å²) in [5, 5.41) is 0. The number of esters is 3. The molecule has 6 heteroatoms. The lowest BCUT2D eigenvalue weighted by molar-refractivity contribution is -0.166. The first-order valence-corrected chi connectivity index (χ1v) is 26.0. The Morgan fingerprint density at radius 2 is 0.646 bits per heavy atom. The van der Waals surface area contributed by atoms with Crippen LogP contribution < -0.4 is 0 Å². The highest BCUT2D eigenvalue weighted by Crippen LogP contribution is 2.14. The van der Waals surface area contributed by atoms with Crippen molar-refractivity contribution in [3.63, 3.8) is 0 Å². The van der Waals surface area contributed by atoms with Gasteiger partial charge in [-0.25, -0.2) is 0 Å². The maximum absolute atomic E-state index is 12.7. The van der Waals surface area contributed by atoms with Crippen LogP contribution in [0, 0.1) is 0 Å². The van der Waals surface area contributed by atoms with Crippen molar-refractivity contribution in [3.8, 4) is 0 Å². The quantitative estimate of drug-likeness (QED) is 0.0262. The molecule has 366 valence electrons. The second-order valence-electron chi connectivity index (χ2n) is 16.7. The minimum atomic E-state index is -0.847. The van der Waals surface area contributed by atoms with Crippen LogP contribution in [-0.4, -0.2) is 37.2 Å². The number of carbonyl (C=O) groups is 3. The molecule has 0 aliphatic rings. The lowest BCUT2D eigenvalue weighted by Gasteiger charge is -2.18. The molecule has 0 aliphatic carbocycles. The van der Waals surface area contributed by atoms with Crippen molar-refractivity contribution in [3.05, 3.63) is 122 Å². The van der Waals surface area contributed by atoms with Crippen LogP contribution in [-0.2, 0) is 28.6 Å². The van der Waals surface area contributed by atoms with Crippen LogP contribution in [0.2, 0.25) is 0 Å². The number of carbonyl (C=O) groups excluding carboxylic acids is 3. The van der Waals surface area contributed by atoms with Gasteiger partial charge in [-0.2, -0.15) is 0 Å². The molecular weight excluding hydrogens is 805 g/mol. The average molecular weight is 899 g/mol. The fraction of sp³-hybridized carbons (Fsp3) is 0.610. The van der Waals surface area contributed by atoms with Crippen molar-refractivity contribution in [1.29, 1.82) is 0 Å². The molecule has 65 heavy (non-hydrogen) atoms. The summed E-state index contributed by atoms with van der Waals surface area (Å²) in [4.78, 5) is 37.9. The van der Waals surface area contributed by atoms with Gasteiger partial charge in [-0.15, -0.1) is 0 Å². The summed E-state index contributed by atoms with van der Waals surface area (Å²) in [5.74, 6) is -1.10. The first-order valence-electron chi connectivity index (χ1n) is 26.0. The highest BCUT2D eigenvalue weighted by Gasteiger charge is 2.19. The number of hydrogen-bond acceptors (Lipinski definition) is 6. The maximum atomic E-state index is 12.7. The van der Waals surface area contributed by atoms with E-state index in [2.05, 4.69) is 130 Å². The van der Waals surface area contributed by atoms with E-state index in [1.165, 1.54) is 64.2 Å². The molecular formula is C59H94O6. The molecule has 0 aliphatic heterocycles. The number of ether oxygens (including phenoxy) is 3. The van der Waals surface area contributed by atoms with Crippen LogP contribution >= 0.6 is 0 Å². The number of unbranched alkanes of at least 4 members (excludes halogenated alkanes) is 15. The Morgan fingerprint density at radius 3 is 1.02 bits per heavy atom. The zero-order chi connectivity index (χ0) is 47.2. The molecule has 0 aromatic heterocycles. The lowest BCUT2D eigenvalue weighted by atomic mass is 10.0. The zero-order valence-corrected chi connectivity index (χ0v) is 41.7. The summed E-state index contributed by atoms with van der Waals surface area (Å²) in [5.41, 5.74) is 0. The zero-order valence-electron chi connectivity index (χ0n) is 41.7. The van der Waals surface area contributed by atoms with Gasteiger partial charge in [0, 0.05) is 12.8 Å². The second-order valence-corrected chi connectivity index (χ2v) is 16.7. The van der Waals surface area contributed by atoms with Gasteiger partial charge in [-0.1, -0.05) is 226 Å².